The molecule has 0 bridgehead atoms. The predicted molar refractivity (Wildman–Crippen MR) is 205 cm³/mol. The maximum atomic E-state index is 6.17. The summed E-state index contributed by atoms with van der Waals surface area (Å²) in [6, 6.07) is 56.3. The summed E-state index contributed by atoms with van der Waals surface area (Å²) in [5.74, 6) is 0.654. The topological polar surface area (TPSA) is 29.3 Å². The molecule has 10 rings (SSSR count). The Balaban J connectivity index is 1.04. The Kier molecular flexibility index (Phi) is 6.22. The van der Waals surface area contributed by atoms with Gasteiger partial charge in [0.1, 0.15) is 5.52 Å². The van der Waals surface area contributed by atoms with Crippen molar-refractivity contribution in [3.05, 3.63) is 158 Å². The number of aromatic nitrogens is 1. The number of benzene rings is 7. The minimum atomic E-state index is 0.654. The molecule has 0 N–H and O–H groups in total. The van der Waals surface area contributed by atoms with Crippen LogP contribution in [0.25, 0.3) is 74.0 Å². The van der Waals surface area contributed by atoms with Crippen LogP contribution in [0.5, 0.6) is 0 Å². The molecule has 0 amide bonds. The molecule has 3 nitrogen and oxygen atoms in total. The van der Waals surface area contributed by atoms with Gasteiger partial charge in [-0.3, -0.25) is 0 Å². The Hall–Kier alpha value is -5.75. The van der Waals surface area contributed by atoms with Crippen molar-refractivity contribution in [2.75, 3.05) is 4.90 Å². The van der Waals surface area contributed by atoms with Crippen LogP contribution in [-0.2, 0) is 0 Å². The molecule has 0 spiro atoms. The number of hydrogen-bond acceptors (Lipinski definition) is 5. The molecule has 5 heteroatoms. The van der Waals surface area contributed by atoms with Crippen LogP contribution in [0.3, 0.4) is 0 Å². The van der Waals surface area contributed by atoms with Crippen LogP contribution in [0.4, 0.5) is 17.1 Å². The Bertz CT molecular complexity index is 2780. The fourth-order valence-electron chi connectivity index (χ4n) is 6.76. The van der Waals surface area contributed by atoms with Gasteiger partial charge in [-0.25, -0.2) is 4.98 Å². The van der Waals surface area contributed by atoms with Crippen LogP contribution in [0, 0.1) is 0 Å². The van der Waals surface area contributed by atoms with E-state index in [1.807, 2.05) is 41.7 Å². The van der Waals surface area contributed by atoms with Crippen molar-refractivity contribution < 1.29 is 4.42 Å². The van der Waals surface area contributed by atoms with Gasteiger partial charge in [0.15, 0.2) is 5.58 Å². The Morgan fingerprint density at radius 1 is 0.417 bits per heavy atom. The van der Waals surface area contributed by atoms with Crippen molar-refractivity contribution >= 4 is 91.2 Å². The van der Waals surface area contributed by atoms with Gasteiger partial charge in [0, 0.05) is 69.0 Å². The maximum absolute atomic E-state index is 6.17. The normalized spacial score (nSPS) is 11.8. The van der Waals surface area contributed by atoms with Gasteiger partial charge in [-0.2, -0.15) is 0 Å². The average molecular weight is 651 g/mol. The zero-order valence-corrected chi connectivity index (χ0v) is 27.3. The number of nitrogens with zero attached hydrogens (tertiary/aromatic N) is 2. The Labute approximate surface area is 284 Å². The molecule has 0 saturated carbocycles. The second-order valence-corrected chi connectivity index (χ2v) is 14.2. The molecule has 3 heterocycles. The lowest BCUT2D eigenvalue weighted by Crippen LogP contribution is -2.09. The number of hydrogen-bond donors (Lipinski definition) is 0. The SMILES string of the molecule is c1ccc(-c2nc3cc4c(cc3o2)sc2ccc(-c3ccc(N(c5ccccc5)c5ccc6sc7ccccc7c6c5)cc3)cc24)cc1. The van der Waals surface area contributed by atoms with Crippen LogP contribution >= 0.6 is 22.7 Å². The second kappa shape index (κ2) is 10.9. The molecule has 0 aliphatic heterocycles. The molecule has 0 saturated heterocycles. The number of anilines is 3. The monoisotopic (exact) mass is 650 g/mol. The quantitative estimate of drug-likeness (QED) is 0.186. The highest BCUT2D eigenvalue weighted by Crippen LogP contribution is 2.42. The molecule has 48 heavy (non-hydrogen) atoms. The van der Waals surface area contributed by atoms with Gasteiger partial charge in [0.2, 0.25) is 5.89 Å². The van der Waals surface area contributed by atoms with E-state index in [1.54, 1.807) is 11.3 Å². The zero-order chi connectivity index (χ0) is 31.6. The molecule has 0 aliphatic rings. The summed E-state index contributed by atoms with van der Waals surface area (Å²) in [6.45, 7) is 0. The molecule has 0 aliphatic carbocycles. The molecule has 7 aromatic carbocycles. The zero-order valence-electron chi connectivity index (χ0n) is 25.6. The summed E-state index contributed by atoms with van der Waals surface area (Å²) in [7, 11) is 0. The van der Waals surface area contributed by atoms with Gasteiger partial charge < -0.3 is 9.32 Å². The largest absolute Gasteiger partial charge is 0.436 e. The van der Waals surface area contributed by atoms with Crippen molar-refractivity contribution in [3.8, 4) is 22.6 Å². The van der Waals surface area contributed by atoms with Crippen molar-refractivity contribution in [2.45, 2.75) is 0 Å². The molecule has 0 radical (unpaired) electrons. The molecular formula is C43H26N2OS2. The Morgan fingerprint density at radius 3 is 1.85 bits per heavy atom. The van der Waals surface area contributed by atoms with Crippen LogP contribution in [0.15, 0.2) is 162 Å². The molecule has 0 atom stereocenters. The lowest BCUT2D eigenvalue weighted by Gasteiger charge is -2.26. The van der Waals surface area contributed by atoms with Gasteiger partial charge in [-0.1, -0.05) is 72.8 Å². The first kappa shape index (κ1) is 27.4. The van der Waals surface area contributed by atoms with E-state index in [0.717, 1.165) is 33.7 Å². The number of fused-ring (bicyclic) bond motifs is 7. The number of thiophene rings is 2. The van der Waals surface area contributed by atoms with Gasteiger partial charge in [0.25, 0.3) is 0 Å². The van der Waals surface area contributed by atoms with Crippen molar-refractivity contribution in [1.29, 1.82) is 0 Å². The molecular weight excluding hydrogens is 625 g/mol. The summed E-state index contributed by atoms with van der Waals surface area (Å²) >= 11 is 3.64. The average Bonchev–Trinajstić information content (AvgIpc) is 3.84. The Morgan fingerprint density at radius 2 is 1.02 bits per heavy atom. The lowest BCUT2D eigenvalue weighted by atomic mass is 10.0. The van der Waals surface area contributed by atoms with E-state index in [0.29, 0.717) is 5.89 Å². The van der Waals surface area contributed by atoms with Gasteiger partial charge >= 0.3 is 0 Å². The van der Waals surface area contributed by atoms with E-state index in [-0.39, 0.29) is 0 Å². The highest BCUT2D eigenvalue weighted by molar-refractivity contribution is 7.26. The van der Waals surface area contributed by atoms with Crippen LogP contribution in [0.1, 0.15) is 0 Å². The second-order valence-electron chi connectivity index (χ2n) is 12.0. The summed E-state index contributed by atoms with van der Waals surface area (Å²) in [4.78, 5) is 7.18. The number of oxazole rings is 1. The molecule has 0 unspecified atom stereocenters. The highest BCUT2D eigenvalue weighted by Gasteiger charge is 2.16. The minimum absolute atomic E-state index is 0.654. The molecule has 0 fully saturated rings. The van der Waals surface area contributed by atoms with E-state index >= 15 is 0 Å². The van der Waals surface area contributed by atoms with Crippen LogP contribution in [-0.4, -0.2) is 4.98 Å². The third-order valence-electron chi connectivity index (χ3n) is 9.09. The molecule has 226 valence electrons. The minimum Gasteiger partial charge on any atom is -0.436 e. The van der Waals surface area contributed by atoms with Crippen LogP contribution in [0.2, 0.25) is 0 Å². The van der Waals surface area contributed by atoms with Crippen molar-refractivity contribution in [1.82, 2.24) is 4.98 Å². The van der Waals surface area contributed by atoms with Gasteiger partial charge in [-0.15, -0.1) is 22.7 Å². The first-order valence-electron chi connectivity index (χ1n) is 15.9. The van der Waals surface area contributed by atoms with Crippen LogP contribution < -0.4 is 4.90 Å². The third kappa shape index (κ3) is 4.51. The number of para-hydroxylation sites is 1. The number of rotatable bonds is 5. The van der Waals surface area contributed by atoms with Gasteiger partial charge in [0.05, 0.1) is 0 Å². The van der Waals surface area contributed by atoms with E-state index in [4.69, 9.17) is 9.40 Å². The van der Waals surface area contributed by atoms with Crippen molar-refractivity contribution in [2.24, 2.45) is 0 Å². The highest BCUT2D eigenvalue weighted by atomic mass is 32.1. The smallest absolute Gasteiger partial charge is 0.227 e. The summed E-state index contributed by atoms with van der Waals surface area (Å²) in [6.07, 6.45) is 0. The van der Waals surface area contributed by atoms with E-state index in [1.165, 1.54) is 51.5 Å². The van der Waals surface area contributed by atoms with E-state index in [2.05, 4.69) is 132 Å². The summed E-state index contributed by atoms with van der Waals surface area (Å²) in [5, 5.41) is 5.05. The fraction of sp³-hybridized carbons (Fsp3) is 0. The maximum Gasteiger partial charge on any atom is 0.227 e. The van der Waals surface area contributed by atoms with E-state index < -0.39 is 0 Å². The van der Waals surface area contributed by atoms with Gasteiger partial charge in [-0.05, 0) is 90.0 Å². The van der Waals surface area contributed by atoms with Crippen molar-refractivity contribution in [3.63, 3.8) is 0 Å². The first-order valence-corrected chi connectivity index (χ1v) is 17.6. The summed E-state index contributed by atoms with van der Waals surface area (Å²) < 4.78 is 11.3. The fourth-order valence-corrected chi connectivity index (χ4v) is 8.95. The molecule has 3 aromatic heterocycles. The first-order chi connectivity index (χ1) is 23.7. The van der Waals surface area contributed by atoms with E-state index in [9.17, 15) is 0 Å². The standard InChI is InChI=1S/C43H26N2OS2/c1-3-9-28(10-4-1)43-44-37-25-36-34-23-29(17-21-40(34)48-42(36)26-38(37)46-43)27-15-18-31(19-16-27)45(30-11-5-2-6-12-30)32-20-22-41-35(24-32)33-13-7-8-14-39(33)47-41/h1-26H. The predicted octanol–water partition coefficient (Wildman–Crippen LogP) is 13.4. The third-order valence-corrected chi connectivity index (χ3v) is 11.4. The molecule has 10 aromatic rings. The summed E-state index contributed by atoms with van der Waals surface area (Å²) in [5.41, 5.74) is 8.45. The lowest BCUT2D eigenvalue weighted by molar-refractivity contribution is 0.620.